The highest BCUT2D eigenvalue weighted by atomic mass is 16.3. The number of rotatable bonds is 3. The Balaban J connectivity index is 2.44. The molecule has 2 unspecified atom stereocenters. The Labute approximate surface area is 91.0 Å². The number of carbonyl (C=O) groups is 1. The number of aliphatic hydroxyl groups is 2. The summed E-state index contributed by atoms with van der Waals surface area (Å²) in [7, 11) is 0. The van der Waals surface area contributed by atoms with E-state index in [1.165, 1.54) is 6.20 Å². The van der Waals surface area contributed by atoms with E-state index in [-0.39, 0.29) is 0 Å². The van der Waals surface area contributed by atoms with E-state index < -0.39 is 18.1 Å². The summed E-state index contributed by atoms with van der Waals surface area (Å²) < 4.78 is 1.58. The largest absolute Gasteiger partial charge is 0.384 e. The fourth-order valence-electron chi connectivity index (χ4n) is 1.49. The highest BCUT2D eigenvalue weighted by molar-refractivity contribution is 5.79. The number of nitrogens with two attached hydrogens (primary N) is 1. The Hall–Kier alpha value is -1.92. The molecule has 0 saturated heterocycles. The van der Waals surface area contributed by atoms with Gasteiger partial charge < -0.3 is 20.3 Å². The third-order valence-electron chi connectivity index (χ3n) is 2.34. The molecular weight excluding hydrogens is 210 g/mol. The van der Waals surface area contributed by atoms with Crippen LogP contribution in [0.25, 0.3) is 5.65 Å². The molecule has 2 aromatic heterocycles. The van der Waals surface area contributed by atoms with E-state index in [1.54, 1.807) is 28.8 Å². The molecule has 6 nitrogen and oxygen atoms in total. The number of fused-ring (bicyclic) bond motifs is 1. The molecule has 2 aromatic rings. The molecule has 0 saturated carbocycles. The number of amides is 1. The lowest BCUT2D eigenvalue weighted by Crippen LogP contribution is -2.34. The Bertz CT molecular complexity index is 523. The molecule has 0 aromatic carbocycles. The molecule has 4 N–H and O–H groups in total. The van der Waals surface area contributed by atoms with Gasteiger partial charge in [-0.05, 0) is 12.1 Å². The van der Waals surface area contributed by atoms with Crippen molar-refractivity contribution < 1.29 is 15.0 Å². The predicted molar refractivity (Wildman–Crippen MR) is 55.4 cm³/mol. The molecule has 0 aliphatic rings. The van der Waals surface area contributed by atoms with E-state index in [2.05, 4.69) is 4.98 Å². The van der Waals surface area contributed by atoms with Gasteiger partial charge in [0.15, 0.2) is 6.10 Å². The monoisotopic (exact) mass is 221 g/mol. The van der Waals surface area contributed by atoms with Crippen molar-refractivity contribution in [2.45, 2.75) is 12.2 Å². The topological polar surface area (TPSA) is 101 Å². The van der Waals surface area contributed by atoms with E-state index in [0.717, 1.165) is 0 Å². The van der Waals surface area contributed by atoms with Crippen LogP contribution in [0.2, 0.25) is 0 Å². The minimum atomic E-state index is -1.64. The van der Waals surface area contributed by atoms with Crippen LogP contribution >= 0.6 is 0 Å². The number of pyridine rings is 1. The van der Waals surface area contributed by atoms with Crippen LogP contribution in [0, 0.1) is 0 Å². The summed E-state index contributed by atoms with van der Waals surface area (Å²) in [6.45, 7) is 0. The zero-order valence-electron chi connectivity index (χ0n) is 8.32. The van der Waals surface area contributed by atoms with Crippen molar-refractivity contribution >= 4 is 11.6 Å². The van der Waals surface area contributed by atoms with E-state index in [0.29, 0.717) is 11.3 Å². The summed E-state index contributed by atoms with van der Waals surface area (Å²) in [5.74, 6) is -0.974. The molecule has 1 amide bonds. The second kappa shape index (κ2) is 3.92. The summed E-state index contributed by atoms with van der Waals surface area (Å²) in [5.41, 5.74) is 5.85. The SMILES string of the molecule is NC(=O)C(O)C(O)c1cnc2ccccn12. The molecule has 0 radical (unpaired) electrons. The van der Waals surface area contributed by atoms with Gasteiger partial charge in [0.05, 0.1) is 11.9 Å². The summed E-state index contributed by atoms with van der Waals surface area (Å²) >= 11 is 0. The number of hydrogen-bond donors (Lipinski definition) is 3. The molecule has 0 spiro atoms. The smallest absolute Gasteiger partial charge is 0.249 e. The summed E-state index contributed by atoms with van der Waals surface area (Å²) in [6, 6.07) is 5.29. The molecule has 16 heavy (non-hydrogen) atoms. The Morgan fingerprint density at radius 2 is 2.19 bits per heavy atom. The number of carbonyl (C=O) groups excluding carboxylic acids is 1. The molecule has 2 heterocycles. The zero-order chi connectivity index (χ0) is 11.7. The van der Waals surface area contributed by atoms with Crippen LogP contribution in [0.1, 0.15) is 11.8 Å². The number of aromatic nitrogens is 2. The van der Waals surface area contributed by atoms with Crippen LogP contribution in [0.3, 0.4) is 0 Å². The van der Waals surface area contributed by atoms with Crippen molar-refractivity contribution in [1.29, 1.82) is 0 Å². The van der Waals surface area contributed by atoms with Gasteiger partial charge in [0.2, 0.25) is 5.91 Å². The highest BCUT2D eigenvalue weighted by Crippen LogP contribution is 2.18. The maximum Gasteiger partial charge on any atom is 0.249 e. The first kappa shape index (κ1) is 10.6. The standard InChI is InChI=1S/C10H11N3O3/c11-10(16)9(15)8(14)6-5-12-7-3-1-2-4-13(6)7/h1-5,8-9,14-15H,(H2,11,16). The van der Waals surface area contributed by atoms with Crippen molar-refractivity contribution in [1.82, 2.24) is 9.38 Å². The quantitative estimate of drug-likeness (QED) is 0.632. The van der Waals surface area contributed by atoms with E-state index in [4.69, 9.17) is 5.73 Å². The van der Waals surface area contributed by atoms with E-state index in [1.807, 2.05) is 0 Å². The number of hydrogen-bond acceptors (Lipinski definition) is 4. The molecule has 0 aliphatic carbocycles. The number of imidazole rings is 1. The zero-order valence-corrected chi connectivity index (χ0v) is 8.32. The predicted octanol–water partition coefficient (Wildman–Crippen LogP) is -0.786. The van der Waals surface area contributed by atoms with Crippen LogP contribution in [0.15, 0.2) is 30.6 Å². The lowest BCUT2D eigenvalue weighted by Gasteiger charge is -2.14. The number of primary amides is 1. The molecule has 6 heteroatoms. The molecule has 84 valence electrons. The minimum Gasteiger partial charge on any atom is -0.384 e. The molecule has 2 rings (SSSR count). The van der Waals surface area contributed by atoms with Gasteiger partial charge >= 0.3 is 0 Å². The molecule has 0 fully saturated rings. The van der Waals surface area contributed by atoms with Gasteiger partial charge in [0.1, 0.15) is 11.8 Å². The first-order chi connectivity index (χ1) is 7.61. The average molecular weight is 221 g/mol. The second-order valence-corrected chi connectivity index (χ2v) is 3.40. The van der Waals surface area contributed by atoms with Crippen LogP contribution in [0.4, 0.5) is 0 Å². The van der Waals surface area contributed by atoms with Crippen LogP contribution < -0.4 is 5.73 Å². The maximum atomic E-state index is 10.8. The number of aliphatic hydroxyl groups excluding tert-OH is 2. The second-order valence-electron chi connectivity index (χ2n) is 3.40. The van der Waals surface area contributed by atoms with Gasteiger partial charge in [-0.2, -0.15) is 0 Å². The van der Waals surface area contributed by atoms with E-state index in [9.17, 15) is 15.0 Å². The van der Waals surface area contributed by atoms with Crippen molar-refractivity contribution in [2.24, 2.45) is 5.73 Å². The third-order valence-corrected chi connectivity index (χ3v) is 2.34. The Morgan fingerprint density at radius 1 is 1.44 bits per heavy atom. The number of nitrogens with zero attached hydrogens (tertiary/aromatic N) is 2. The van der Waals surface area contributed by atoms with Gasteiger partial charge in [-0.3, -0.25) is 4.79 Å². The Morgan fingerprint density at radius 3 is 2.88 bits per heavy atom. The molecule has 0 aliphatic heterocycles. The van der Waals surface area contributed by atoms with Crippen molar-refractivity contribution in [3.8, 4) is 0 Å². The maximum absolute atomic E-state index is 10.8. The Kier molecular flexibility index (Phi) is 2.59. The van der Waals surface area contributed by atoms with Gasteiger partial charge in [0, 0.05) is 6.20 Å². The van der Waals surface area contributed by atoms with Crippen molar-refractivity contribution in [3.05, 3.63) is 36.3 Å². The van der Waals surface area contributed by atoms with Crippen molar-refractivity contribution in [3.63, 3.8) is 0 Å². The van der Waals surface area contributed by atoms with Gasteiger partial charge in [0.25, 0.3) is 0 Å². The first-order valence-corrected chi connectivity index (χ1v) is 4.68. The van der Waals surface area contributed by atoms with E-state index >= 15 is 0 Å². The molecule has 2 atom stereocenters. The molecule has 0 bridgehead atoms. The fraction of sp³-hybridized carbons (Fsp3) is 0.200. The summed E-state index contributed by atoms with van der Waals surface area (Å²) in [6.07, 6.45) is 0.0517. The highest BCUT2D eigenvalue weighted by Gasteiger charge is 2.25. The van der Waals surface area contributed by atoms with Gasteiger partial charge in [-0.25, -0.2) is 4.98 Å². The average Bonchev–Trinajstić information content (AvgIpc) is 2.70. The van der Waals surface area contributed by atoms with Crippen molar-refractivity contribution in [2.75, 3.05) is 0 Å². The van der Waals surface area contributed by atoms with Gasteiger partial charge in [-0.1, -0.05) is 6.07 Å². The van der Waals surface area contributed by atoms with Crippen LogP contribution in [-0.2, 0) is 4.79 Å². The lowest BCUT2D eigenvalue weighted by molar-refractivity contribution is -0.132. The third kappa shape index (κ3) is 1.64. The first-order valence-electron chi connectivity index (χ1n) is 4.68. The lowest BCUT2D eigenvalue weighted by atomic mass is 10.1. The van der Waals surface area contributed by atoms with Crippen LogP contribution in [-0.4, -0.2) is 31.6 Å². The minimum absolute atomic E-state index is 0.321. The molecular formula is C10H11N3O3. The fourth-order valence-corrected chi connectivity index (χ4v) is 1.49. The normalized spacial score (nSPS) is 14.9. The van der Waals surface area contributed by atoms with Crippen LogP contribution in [0.5, 0.6) is 0 Å². The summed E-state index contributed by atoms with van der Waals surface area (Å²) in [5, 5.41) is 19.1. The van der Waals surface area contributed by atoms with Gasteiger partial charge in [-0.15, -0.1) is 0 Å². The summed E-state index contributed by atoms with van der Waals surface area (Å²) in [4.78, 5) is 14.8.